The fourth-order valence-electron chi connectivity index (χ4n) is 1.34. The smallest absolute Gasteiger partial charge is 0.141 e. The van der Waals surface area contributed by atoms with Gasteiger partial charge in [-0.1, -0.05) is 29.3 Å². The zero-order chi connectivity index (χ0) is 11.7. The molecular formula is C11H7Cl2FN2. The van der Waals surface area contributed by atoms with E-state index in [0.29, 0.717) is 21.8 Å². The van der Waals surface area contributed by atoms with Gasteiger partial charge in [0.1, 0.15) is 5.82 Å². The maximum absolute atomic E-state index is 13.0. The molecular weight excluding hydrogens is 250 g/mol. The molecule has 2 aromatic rings. The summed E-state index contributed by atoms with van der Waals surface area (Å²) in [6.07, 6.45) is 3.01. The van der Waals surface area contributed by atoms with Gasteiger partial charge < -0.3 is 5.73 Å². The minimum atomic E-state index is -0.473. The van der Waals surface area contributed by atoms with Crippen LogP contribution in [-0.4, -0.2) is 4.98 Å². The first-order valence-electron chi connectivity index (χ1n) is 4.44. The second-order valence-electron chi connectivity index (χ2n) is 3.21. The zero-order valence-corrected chi connectivity index (χ0v) is 9.56. The van der Waals surface area contributed by atoms with Crippen molar-refractivity contribution in [2.75, 3.05) is 5.73 Å². The Morgan fingerprint density at radius 1 is 1.12 bits per heavy atom. The van der Waals surface area contributed by atoms with Crippen molar-refractivity contribution in [1.82, 2.24) is 4.98 Å². The SMILES string of the molecule is Nc1c(Cl)cncc1-c1ccc(F)c(Cl)c1. The van der Waals surface area contributed by atoms with Crippen LogP contribution in [0.3, 0.4) is 0 Å². The van der Waals surface area contributed by atoms with Gasteiger partial charge in [-0.15, -0.1) is 0 Å². The average Bonchev–Trinajstić information content (AvgIpc) is 2.26. The highest BCUT2D eigenvalue weighted by molar-refractivity contribution is 6.33. The molecule has 0 spiro atoms. The molecule has 2 nitrogen and oxygen atoms in total. The minimum Gasteiger partial charge on any atom is -0.397 e. The van der Waals surface area contributed by atoms with Crippen LogP contribution in [0.4, 0.5) is 10.1 Å². The predicted molar refractivity (Wildman–Crippen MR) is 64.1 cm³/mol. The number of halogens is 3. The van der Waals surface area contributed by atoms with Crippen molar-refractivity contribution in [3.63, 3.8) is 0 Å². The molecule has 2 N–H and O–H groups in total. The summed E-state index contributed by atoms with van der Waals surface area (Å²) >= 11 is 11.5. The number of hydrogen-bond donors (Lipinski definition) is 1. The van der Waals surface area contributed by atoms with E-state index in [2.05, 4.69) is 4.98 Å². The Labute approximate surface area is 102 Å². The number of anilines is 1. The number of aromatic nitrogens is 1. The Hall–Kier alpha value is -1.32. The third kappa shape index (κ3) is 1.96. The highest BCUT2D eigenvalue weighted by atomic mass is 35.5. The van der Waals surface area contributed by atoms with Gasteiger partial charge in [0.2, 0.25) is 0 Å². The van der Waals surface area contributed by atoms with E-state index in [4.69, 9.17) is 28.9 Å². The number of benzene rings is 1. The van der Waals surface area contributed by atoms with Gasteiger partial charge in [-0.05, 0) is 17.7 Å². The molecule has 5 heteroatoms. The Bertz CT molecular complexity index is 544. The van der Waals surface area contributed by atoms with Crippen LogP contribution in [0.25, 0.3) is 11.1 Å². The Morgan fingerprint density at radius 3 is 2.56 bits per heavy atom. The van der Waals surface area contributed by atoms with Gasteiger partial charge in [0.25, 0.3) is 0 Å². The minimum absolute atomic E-state index is 0.0388. The van der Waals surface area contributed by atoms with Crippen LogP contribution in [0.1, 0.15) is 0 Å². The summed E-state index contributed by atoms with van der Waals surface area (Å²) in [5, 5.41) is 0.398. The highest BCUT2D eigenvalue weighted by Crippen LogP contribution is 2.32. The molecule has 0 amide bonds. The van der Waals surface area contributed by atoms with Crippen molar-refractivity contribution in [3.8, 4) is 11.1 Å². The molecule has 2 rings (SSSR count). The van der Waals surface area contributed by atoms with Crippen molar-refractivity contribution in [2.24, 2.45) is 0 Å². The summed E-state index contributed by atoms with van der Waals surface area (Å²) in [7, 11) is 0. The van der Waals surface area contributed by atoms with E-state index >= 15 is 0 Å². The molecule has 0 aliphatic carbocycles. The van der Waals surface area contributed by atoms with Gasteiger partial charge in [0.15, 0.2) is 0 Å². The Balaban J connectivity index is 2.59. The molecule has 0 atom stereocenters. The van der Waals surface area contributed by atoms with Crippen molar-refractivity contribution in [2.45, 2.75) is 0 Å². The first kappa shape index (κ1) is 11.2. The molecule has 0 saturated carbocycles. The molecule has 16 heavy (non-hydrogen) atoms. The first-order chi connectivity index (χ1) is 7.59. The summed E-state index contributed by atoms with van der Waals surface area (Å²) < 4.78 is 13.0. The van der Waals surface area contributed by atoms with Crippen molar-refractivity contribution < 1.29 is 4.39 Å². The van der Waals surface area contributed by atoms with Crippen molar-refractivity contribution in [3.05, 3.63) is 46.5 Å². The second kappa shape index (κ2) is 4.28. The van der Waals surface area contributed by atoms with Crippen LogP contribution in [0.15, 0.2) is 30.6 Å². The lowest BCUT2D eigenvalue weighted by Gasteiger charge is -2.07. The van der Waals surface area contributed by atoms with E-state index in [9.17, 15) is 4.39 Å². The van der Waals surface area contributed by atoms with Crippen LogP contribution in [0.2, 0.25) is 10.0 Å². The lowest BCUT2D eigenvalue weighted by Crippen LogP contribution is -1.93. The maximum atomic E-state index is 13.0. The molecule has 1 aromatic carbocycles. The summed E-state index contributed by atoms with van der Waals surface area (Å²) in [6, 6.07) is 4.34. The molecule has 0 aliphatic heterocycles. The van der Waals surface area contributed by atoms with Gasteiger partial charge in [-0.2, -0.15) is 0 Å². The maximum Gasteiger partial charge on any atom is 0.141 e. The van der Waals surface area contributed by atoms with Crippen LogP contribution in [0, 0.1) is 5.82 Å². The fourth-order valence-corrected chi connectivity index (χ4v) is 1.68. The number of nitrogen functional groups attached to an aromatic ring is 1. The number of nitrogens with two attached hydrogens (primary N) is 1. The molecule has 0 radical (unpaired) electrons. The van der Waals surface area contributed by atoms with E-state index in [0.717, 1.165) is 0 Å². The fraction of sp³-hybridized carbons (Fsp3) is 0. The van der Waals surface area contributed by atoms with Gasteiger partial charge in [-0.3, -0.25) is 4.98 Å². The van der Waals surface area contributed by atoms with Crippen LogP contribution >= 0.6 is 23.2 Å². The molecule has 1 heterocycles. The third-order valence-electron chi connectivity index (χ3n) is 2.17. The highest BCUT2D eigenvalue weighted by Gasteiger charge is 2.08. The molecule has 0 aliphatic rings. The lowest BCUT2D eigenvalue weighted by atomic mass is 10.1. The summed E-state index contributed by atoms with van der Waals surface area (Å²) in [4.78, 5) is 3.92. The monoisotopic (exact) mass is 256 g/mol. The predicted octanol–water partition coefficient (Wildman–Crippen LogP) is 3.78. The van der Waals surface area contributed by atoms with Gasteiger partial charge in [0, 0.05) is 18.0 Å². The number of pyridine rings is 1. The normalized spacial score (nSPS) is 10.4. The van der Waals surface area contributed by atoms with E-state index in [1.54, 1.807) is 12.3 Å². The molecule has 0 saturated heterocycles. The van der Waals surface area contributed by atoms with E-state index < -0.39 is 5.82 Å². The number of rotatable bonds is 1. The standard InChI is InChI=1S/C11H7Cl2FN2/c12-8-3-6(1-2-10(8)14)7-4-16-5-9(13)11(7)15/h1-5H,(H2,15,16). The van der Waals surface area contributed by atoms with Crippen LogP contribution < -0.4 is 5.73 Å². The molecule has 82 valence electrons. The third-order valence-corrected chi connectivity index (χ3v) is 2.76. The number of hydrogen-bond acceptors (Lipinski definition) is 2. The number of nitrogens with zero attached hydrogens (tertiary/aromatic N) is 1. The topological polar surface area (TPSA) is 38.9 Å². The summed E-state index contributed by atoms with van der Waals surface area (Å²) in [5.41, 5.74) is 7.51. The molecule has 0 bridgehead atoms. The van der Waals surface area contributed by atoms with Gasteiger partial charge >= 0.3 is 0 Å². The van der Waals surface area contributed by atoms with E-state index in [1.807, 2.05) is 0 Å². The first-order valence-corrected chi connectivity index (χ1v) is 5.19. The zero-order valence-electron chi connectivity index (χ0n) is 8.05. The van der Waals surface area contributed by atoms with Crippen LogP contribution in [-0.2, 0) is 0 Å². The van der Waals surface area contributed by atoms with Crippen molar-refractivity contribution in [1.29, 1.82) is 0 Å². The average molecular weight is 257 g/mol. The van der Waals surface area contributed by atoms with E-state index in [1.165, 1.54) is 18.3 Å². The Kier molecular flexibility index (Phi) is 2.99. The largest absolute Gasteiger partial charge is 0.397 e. The van der Waals surface area contributed by atoms with E-state index in [-0.39, 0.29) is 5.02 Å². The van der Waals surface area contributed by atoms with Gasteiger partial charge in [0.05, 0.1) is 15.7 Å². The molecule has 0 unspecified atom stereocenters. The molecule has 0 fully saturated rings. The second-order valence-corrected chi connectivity index (χ2v) is 4.03. The summed E-state index contributed by atoms with van der Waals surface area (Å²) in [5.74, 6) is -0.473. The van der Waals surface area contributed by atoms with Gasteiger partial charge in [-0.25, -0.2) is 4.39 Å². The molecule has 1 aromatic heterocycles. The Morgan fingerprint density at radius 2 is 1.88 bits per heavy atom. The quantitative estimate of drug-likeness (QED) is 0.844. The summed E-state index contributed by atoms with van der Waals surface area (Å²) in [6.45, 7) is 0. The lowest BCUT2D eigenvalue weighted by molar-refractivity contribution is 0.628. The van der Waals surface area contributed by atoms with Crippen molar-refractivity contribution >= 4 is 28.9 Å². The van der Waals surface area contributed by atoms with Crippen LogP contribution in [0.5, 0.6) is 0 Å².